The minimum Gasteiger partial charge on any atom is -0.393 e. The van der Waals surface area contributed by atoms with Gasteiger partial charge in [-0.3, -0.25) is 4.79 Å². The molecule has 0 unspecified atom stereocenters. The van der Waals surface area contributed by atoms with E-state index in [1.165, 1.54) is 0 Å². The zero-order valence-electron chi connectivity index (χ0n) is 15.5. The first-order valence-corrected chi connectivity index (χ1v) is 9.71. The summed E-state index contributed by atoms with van der Waals surface area (Å²) < 4.78 is 1.55. The van der Waals surface area contributed by atoms with Crippen LogP contribution in [0, 0.1) is 0 Å². The van der Waals surface area contributed by atoms with E-state index in [0.29, 0.717) is 27.9 Å². The van der Waals surface area contributed by atoms with Crippen molar-refractivity contribution in [2.45, 2.75) is 37.8 Å². The molecule has 1 aliphatic rings. The Morgan fingerprint density at radius 1 is 1.18 bits per heavy atom. The van der Waals surface area contributed by atoms with E-state index in [2.05, 4.69) is 20.6 Å². The van der Waals surface area contributed by atoms with Gasteiger partial charge >= 0.3 is 0 Å². The van der Waals surface area contributed by atoms with Crippen LogP contribution in [0.15, 0.2) is 41.5 Å². The highest BCUT2D eigenvalue weighted by molar-refractivity contribution is 6.30. The van der Waals surface area contributed by atoms with Crippen molar-refractivity contribution in [3.8, 4) is 0 Å². The first kappa shape index (κ1) is 18.7. The highest BCUT2D eigenvalue weighted by Crippen LogP contribution is 2.28. The molecule has 0 spiro atoms. The molecule has 0 saturated heterocycles. The SMILES string of the molecule is Cn1ccc2cc(Nc3cc(Cl)ccn3)nc(NC3CCC(O)CC3)c2c1=O. The summed E-state index contributed by atoms with van der Waals surface area (Å²) in [7, 11) is 1.73. The van der Waals surface area contributed by atoms with Crippen LogP contribution in [0.4, 0.5) is 17.5 Å². The molecule has 0 amide bonds. The summed E-state index contributed by atoms with van der Waals surface area (Å²) in [4.78, 5) is 21.7. The van der Waals surface area contributed by atoms with Crippen molar-refractivity contribution in [2.75, 3.05) is 10.6 Å². The van der Waals surface area contributed by atoms with Crippen molar-refractivity contribution in [2.24, 2.45) is 7.05 Å². The second kappa shape index (κ2) is 7.77. The minimum absolute atomic E-state index is 0.101. The van der Waals surface area contributed by atoms with E-state index in [1.54, 1.807) is 36.1 Å². The number of halogens is 1. The fraction of sp³-hybridized carbons (Fsp3) is 0.350. The normalized spacial score (nSPS) is 19.5. The van der Waals surface area contributed by atoms with Crippen LogP contribution in [0.3, 0.4) is 0 Å². The zero-order valence-corrected chi connectivity index (χ0v) is 16.3. The summed E-state index contributed by atoms with van der Waals surface area (Å²) in [5.74, 6) is 1.70. The van der Waals surface area contributed by atoms with E-state index in [-0.39, 0.29) is 17.7 Å². The molecule has 0 bridgehead atoms. The number of hydrogen-bond donors (Lipinski definition) is 3. The van der Waals surface area contributed by atoms with E-state index in [9.17, 15) is 9.90 Å². The molecule has 0 radical (unpaired) electrons. The van der Waals surface area contributed by atoms with Crippen molar-refractivity contribution in [3.05, 3.63) is 52.0 Å². The van der Waals surface area contributed by atoms with E-state index < -0.39 is 0 Å². The standard InChI is InChI=1S/C20H22ClN5O2/c1-26-9-7-12-10-17(24-16-11-13(21)6-8-22-16)25-19(18(12)20(26)28)23-14-2-4-15(27)5-3-14/h6-11,14-15,27H,2-5H2,1H3,(H2,22,23,24,25). The van der Waals surface area contributed by atoms with Crippen LogP contribution in [0.5, 0.6) is 0 Å². The fourth-order valence-electron chi connectivity index (χ4n) is 3.54. The number of anilines is 3. The Morgan fingerprint density at radius 3 is 2.71 bits per heavy atom. The molecular weight excluding hydrogens is 378 g/mol. The Bertz CT molecular complexity index is 1060. The number of aromatic nitrogens is 3. The predicted molar refractivity (Wildman–Crippen MR) is 111 cm³/mol. The lowest BCUT2D eigenvalue weighted by Crippen LogP contribution is -2.29. The third-order valence-corrected chi connectivity index (χ3v) is 5.31. The Morgan fingerprint density at radius 2 is 1.96 bits per heavy atom. The van der Waals surface area contributed by atoms with Crippen LogP contribution in [-0.2, 0) is 7.05 Å². The summed E-state index contributed by atoms with van der Waals surface area (Å²) in [5, 5.41) is 18.3. The van der Waals surface area contributed by atoms with Crippen LogP contribution < -0.4 is 16.2 Å². The van der Waals surface area contributed by atoms with Gasteiger partial charge in [-0.25, -0.2) is 9.97 Å². The highest BCUT2D eigenvalue weighted by Gasteiger charge is 2.21. The molecule has 1 fully saturated rings. The van der Waals surface area contributed by atoms with E-state index in [0.717, 1.165) is 31.1 Å². The summed E-state index contributed by atoms with van der Waals surface area (Å²) in [6.07, 6.45) is 6.30. The zero-order chi connectivity index (χ0) is 19.7. The highest BCUT2D eigenvalue weighted by atomic mass is 35.5. The van der Waals surface area contributed by atoms with Crippen molar-refractivity contribution in [1.82, 2.24) is 14.5 Å². The van der Waals surface area contributed by atoms with Gasteiger partial charge in [0.2, 0.25) is 0 Å². The maximum atomic E-state index is 12.7. The molecule has 1 saturated carbocycles. The van der Waals surface area contributed by atoms with Gasteiger partial charge in [-0.05, 0) is 55.3 Å². The molecule has 4 rings (SSSR count). The topological polar surface area (TPSA) is 92.1 Å². The van der Waals surface area contributed by atoms with Crippen molar-refractivity contribution < 1.29 is 5.11 Å². The molecule has 28 heavy (non-hydrogen) atoms. The van der Waals surface area contributed by atoms with Crippen LogP contribution >= 0.6 is 11.6 Å². The van der Waals surface area contributed by atoms with Gasteiger partial charge < -0.3 is 20.3 Å². The van der Waals surface area contributed by atoms with Crippen LogP contribution in [0.1, 0.15) is 25.7 Å². The summed E-state index contributed by atoms with van der Waals surface area (Å²) in [6, 6.07) is 7.31. The molecule has 3 N–H and O–H groups in total. The van der Waals surface area contributed by atoms with Gasteiger partial charge in [-0.2, -0.15) is 0 Å². The van der Waals surface area contributed by atoms with Crippen molar-refractivity contribution in [1.29, 1.82) is 0 Å². The summed E-state index contributed by atoms with van der Waals surface area (Å²) in [6.45, 7) is 0. The Labute approximate surface area is 167 Å². The number of rotatable bonds is 4. The lowest BCUT2D eigenvalue weighted by molar-refractivity contribution is 0.126. The number of aryl methyl sites for hydroxylation is 1. The average molecular weight is 400 g/mol. The molecule has 1 aliphatic carbocycles. The molecular formula is C20H22ClN5O2. The third-order valence-electron chi connectivity index (χ3n) is 5.08. The third kappa shape index (κ3) is 3.95. The van der Waals surface area contributed by atoms with Gasteiger partial charge in [-0.1, -0.05) is 11.6 Å². The number of nitrogens with one attached hydrogen (secondary N) is 2. The molecule has 3 aromatic rings. The smallest absolute Gasteiger partial charge is 0.261 e. The van der Waals surface area contributed by atoms with Gasteiger partial charge in [0.15, 0.2) is 0 Å². The number of hydrogen-bond acceptors (Lipinski definition) is 6. The van der Waals surface area contributed by atoms with Gasteiger partial charge in [-0.15, -0.1) is 0 Å². The van der Waals surface area contributed by atoms with Gasteiger partial charge in [0, 0.05) is 30.5 Å². The number of aliphatic hydroxyl groups is 1. The molecule has 3 heterocycles. The second-order valence-electron chi connectivity index (χ2n) is 7.19. The van der Waals surface area contributed by atoms with Crippen molar-refractivity contribution >= 4 is 39.8 Å². The molecule has 0 aromatic carbocycles. The van der Waals surface area contributed by atoms with E-state index in [4.69, 9.17) is 11.6 Å². The molecule has 3 aromatic heterocycles. The maximum absolute atomic E-state index is 12.7. The fourth-order valence-corrected chi connectivity index (χ4v) is 3.70. The second-order valence-corrected chi connectivity index (χ2v) is 7.62. The molecule has 0 aliphatic heterocycles. The van der Waals surface area contributed by atoms with Gasteiger partial charge in [0.25, 0.3) is 5.56 Å². The summed E-state index contributed by atoms with van der Waals surface area (Å²) in [5.41, 5.74) is -0.101. The van der Waals surface area contributed by atoms with Crippen molar-refractivity contribution in [3.63, 3.8) is 0 Å². The number of aliphatic hydroxyl groups excluding tert-OH is 1. The van der Waals surface area contributed by atoms with Crippen LogP contribution in [0.2, 0.25) is 5.02 Å². The molecule has 8 heteroatoms. The number of nitrogens with zero attached hydrogens (tertiary/aromatic N) is 3. The lowest BCUT2D eigenvalue weighted by atomic mass is 9.93. The van der Waals surface area contributed by atoms with Gasteiger partial charge in [0.05, 0.1) is 11.5 Å². The minimum atomic E-state index is -0.238. The number of pyridine rings is 3. The average Bonchev–Trinajstić information content (AvgIpc) is 2.66. The number of fused-ring (bicyclic) bond motifs is 1. The van der Waals surface area contributed by atoms with Crippen LogP contribution in [0.25, 0.3) is 10.8 Å². The summed E-state index contributed by atoms with van der Waals surface area (Å²) >= 11 is 6.04. The van der Waals surface area contributed by atoms with Gasteiger partial charge in [0.1, 0.15) is 17.5 Å². The van der Waals surface area contributed by atoms with E-state index >= 15 is 0 Å². The Kier molecular flexibility index (Phi) is 5.19. The Balaban J connectivity index is 1.73. The Hall–Kier alpha value is -2.64. The maximum Gasteiger partial charge on any atom is 0.261 e. The molecule has 146 valence electrons. The van der Waals surface area contributed by atoms with E-state index in [1.807, 2.05) is 12.1 Å². The lowest BCUT2D eigenvalue weighted by Gasteiger charge is -2.27. The molecule has 0 atom stereocenters. The monoisotopic (exact) mass is 399 g/mol. The molecule has 7 nitrogen and oxygen atoms in total. The first-order chi connectivity index (χ1) is 13.5. The predicted octanol–water partition coefficient (Wildman–Crippen LogP) is 3.44. The quantitative estimate of drug-likeness (QED) is 0.622. The largest absolute Gasteiger partial charge is 0.393 e. The first-order valence-electron chi connectivity index (χ1n) is 9.33. The van der Waals surface area contributed by atoms with Crippen LogP contribution in [-0.4, -0.2) is 31.8 Å².